The zero-order valence-corrected chi connectivity index (χ0v) is 13.3. The van der Waals surface area contributed by atoms with Crippen LogP contribution in [0.5, 0.6) is 0 Å². The largest absolute Gasteiger partial charge is 0.462 e. The molecule has 120 valence electrons. The maximum absolute atomic E-state index is 12.2. The van der Waals surface area contributed by atoms with Gasteiger partial charge in [0.25, 0.3) is 5.91 Å². The third-order valence-corrected chi connectivity index (χ3v) is 4.73. The van der Waals surface area contributed by atoms with E-state index in [2.05, 4.69) is 17.4 Å². The minimum atomic E-state index is -0.750. The fourth-order valence-corrected chi connectivity index (χ4v) is 3.86. The molecule has 0 saturated carbocycles. The van der Waals surface area contributed by atoms with E-state index in [1.54, 1.807) is 6.92 Å². The summed E-state index contributed by atoms with van der Waals surface area (Å²) in [7, 11) is 0. The smallest absolute Gasteiger partial charge is 0.341 e. The first kappa shape index (κ1) is 16.3. The van der Waals surface area contributed by atoms with Crippen molar-refractivity contribution >= 4 is 34.0 Å². The van der Waals surface area contributed by atoms with Gasteiger partial charge in [0.05, 0.1) is 12.2 Å². The number of nitrogens with one attached hydrogen (secondary N) is 1. The van der Waals surface area contributed by atoms with E-state index in [0.29, 0.717) is 16.5 Å². The van der Waals surface area contributed by atoms with Gasteiger partial charge in [-0.3, -0.25) is 4.79 Å². The molecule has 1 aliphatic rings. The molecule has 1 aromatic rings. The summed E-state index contributed by atoms with van der Waals surface area (Å²) >= 11 is 1.35. The molecule has 2 rings (SSSR count). The topological polar surface area (TPSA) is 114 Å². The molecule has 0 radical (unpaired) electrons. The summed E-state index contributed by atoms with van der Waals surface area (Å²) in [6, 6.07) is 0. The van der Waals surface area contributed by atoms with Crippen LogP contribution in [0.2, 0.25) is 0 Å². The van der Waals surface area contributed by atoms with Crippen LogP contribution in [0.15, 0.2) is 5.16 Å². The predicted molar refractivity (Wildman–Crippen MR) is 83.5 cm³/mol. The lowest BCUT2D eigenvalue weighted by atomic mass is 9.88. The first-order chi connectivity index (χ1) is 10.5. The molecule has 7 nitrogen and oxygen atoms in total. The average molecular weight is 325 g/mol. The lowest BCUT2D eigenvalue weighted by Gasteiger charge is -2.18. The number of carbonyl (C=O) groups excluding carboxylic acids is 2. The molecule has 0 aliphatic heterocycles. The second-order valence-corrected chi connectivity index (χ2v) is 6.32. The van der Waals surface area contributed by atoms with Gasteiger partial charge >= 0.3 is 5.97 Å². The van der Waals surface area contributed by atoms with Gasteiger partial charge in [-0.2, -0.15) is 0 Å². The van der Waals surface area contributed by atoms with Gasteiger partial charge in [0.2, 0.25) is 5.84 Å². The number of ether oxygens (including phenoxy) is 1. The summed E-state index contributed by atoms with van der Waals surface area (Å²) in [4.78, 5) is 25.1. The van der Waals surface area contributed by atoms with Gasteiger partial charge in [0, 0.05) is 4.88 Å². The first-order valence-corrected chi connectivity index (χ1v) is 7.90. The Morgan fingerprint density at radius 2 is 2.27 bits per heavy atom. The summed E-state index contributed by atoms with van der Waals surface area (Å²) in [5, 5.41) is 14.1. The Bertz CT molecular complexity index is 624. The minimum absolute atomic E-state index is 0.257. The van der Waals surface area contributed by atoms with E-state index >= 15 is 0 Å². The fraction of sp³-hybridized carbons (Fsp3) is 0.500. The van der Waals surface area contributed by atoms with E-state index in [0.717, 1.165) is 29.7 Å². The highest BCUT2D eigenvalue weighted by atomic mass is 32.1. The quantitative estimate of drug-likeness (QED) is 0.257. The van der Waals surface area contributed by atoms with Crippen LogP contribution in [-0.2, 0) is 22.4 Å². The number of hydrogen-bond acceptors (Lipinski definition) is 6. The number of amidine groups is 1. The van der Waals surface area contributed by atoms with Crippen LogP contribution < -0.4 is 11.1 Å². The molecule has 0 fully saturated rings. The number of rotatable bonds is 3. The lowest BCUT2D eigenvalue weighted by molar-refractivity contribution is -0.110. The van der Waals surface area contributed by atoms with Gasteiger partial charge in [-0.25, -0.2) is 4.79 Å². The van der Waals surface area contributed by atoms with Crippen LogP contribution in [0.1, 0.15) is 41.1 Å². The van der Waals surface area contributed by atoms with E-state index in [1.165, 1.54) is 11.3 Å². The second-order valence-electron chi connectivity index (χ2n) is 5.22. The van der Waals surface area contributed by atoms with Crippen molar-refractivity contribution in [2.24, 2.45) is 16.8 Å². The SMILES string of the molecule is CCOC(=O)c1c(NC(=O)/C(N)=N\O)sc2c1CCC(C)C2. The van der Waals surface area contributed by atoms with Gasteiger partial charge in [-0.05, 0) is 37.7 Å². The van der Waals surface area contributed by atoms with Crippen LogP contribution in [0.3, 0.4) is 0 Å². The number of anilines is 1. The Balaban J connectivity index is 2.39. The van der Waals surface area contributed by atoms with Crippen LogP contribution in [0.4, 0.5) is 5.00 Å². The van der Waals surface area contributed by atoms with E-state index in [9.17, 15) is 9.59 Å². The standard InChI is InChI=1S/C14H19N3O4S/c1-3-21-14(19)10-8-5-4-7(2)6-9(8)22-13(10)16-12(18)11(15)17-20/h7,20H,3-6H2,1-2H3,(H2,15,17)(H,16,18). The highest BCUT2D eigenvalue weighted by Gasteiger charge is 2.29. The van der Waals surface area contributed by atoms with Crippen molar-refractivity contribution in [1.82, 2.24) is 0 Å². The molecule has 1 aliphatic carbocycles. The van der Waals surface area contributed by atoms with E-state index in [1.807, 2.05) is 0 Å². The first-order valence-electron chi connectivity index (χ1n) is 7.08. The molecule has 1 aromatic heterocycles. The molecular weight excluding hydrogens is 306 g/mol. The predicted octanol–water partition coefficient (Wildman–Crippen LogP) is 1.73. The van der Waals surface area contributed by atoms with Crippen molar-refractivity contribution in [3.63, 3.8) is 0 Å². The maximum atomic E-state index is 12.2. The van der Waals surface area contributed by atoms with Gasteiger partial charge in [0.15, 0.2) is 0 Å². The number of fused-ring (bicyclic) bond motifs is 1. The van der Waals surface area contributed by atoms with Gasteiger partial charge < -0.3 is 21.0 Å². The number of oxime groups is 1. The number of nitrogens with zero attached hydrogens (tertiary/aromatic N) is 1. The second kappa shape index (κ2) is 6.78. The van der Waals surface area contributed by atoms with E-state index in [4.69, 9.17) is 15.7 Å². The summed E-state index contributed by atoms with van der Waals surface area (Å²) in [5.74, 6) is -1.23. The van der Waals surface area contributed by atoms with Gasteiger partial charge in [-0.15, -0.1) is 11.3 Å². The zero-order valence-electron chi connectivity index (χ0n) is 12.5. The van der Waals surface area contributed by atoms with Crippen molar-refractivity contribution in [3.8, 4) is 0 Å². The Morgan fingerprint density at radius 1 is 1.55 bits per heavy atom. The van der Waals surface area contributed by atoms with Crippen LogP contribution in [-0.4, -0.2) is 29.5 Å². The van der Waals surface area contributed by atoms with Crippen molar-refractivity contribution in [2.75, 3.05) is 11.9 Å². The molecule has 1 unspecified atom stereocenters. The maximum Gasteiger partial charge on any atom is 0.341 e. The summed E-state index contributed by atoms with van der Waals surface area (Å²) in [6.45, 7) is 4.14. The van der Waals surface area contributed by atoms with Crippen molar-refractivity contribution in [2.45, 2.75) is 33.1 Å². The molecule has 0 aromatic carbocycles. The fourth-order valence-electron chi connectivity index (χ4n) is 2.47. The Hall–Kier alpha value is -2.09. The third kappa shape index (κ3) is 3.22. The van der Waals surface area contributed by atoms with Crippen molar-refractivity contribution < 1.29 is 19.5 Å². The highest BCUT2D eigenvalue weighted by Crippen LogP contribution is 2.40. The van der Waals surface area contributed by atoms with E-state index < -0.39 is 17.7 Å². The molecular formula is C14H19N3O4S. The molecule has 0 spiro atoms. The Kier molecular flexibility index (Phi) is 5.02. The number of thiophene rings is 1. The number of esters is 1. The third-order valence-electron chi connectivity index (χ3n) is 3.56. The number of hydrogen-bond donors (Lipinski definition) is 3. The van der Waals surface area contributed by atoms with Crippen LogP contribution in [0, 0.1) is 5.92 Å². The van der Waals surface area contributed by atoms with Gasteiger partial charge in [-0.1, -0.05) is 12.1 Å². The van der Waals surface area contributed by atoms with Gasteiger partial charge in [0.1, 0.15) is 5.00 Å². The molecule has 8 heteroatoms. The normalized spacial score (nSPS) is 17.7. The lowest BCUT2D eigenvalue weighted by Crippen LogP contribution is -2.30. The number of amides is 1. The molecule has 0 bridgehead atoms. The minimum Gasteiger partial charge on any atom is -0.462 e. The molecule has 0 saturated heterocycles. The monoisotopic (exact) mass is 325 g/mol. The average Bonchev–Trinajstić information content (AvgIpc) is 2.83. The molecule has 1 atom stereocenters. The Labute approximate surface area is 132 Å². The highest BCUT2D eigenvalue weighted by molar-refractivity contribution is 7.17. The molecule has 1 heterocycles. The zero-order chi connectivity index (χ0) is 16.3. The molecule has 1 amide bonds. The summed E-state index contributed by atoms with van der Waals surface area (Å²) < 4.78 is 5.09. The molecule has 4 N–H and O–H groups in total. The summed E-state index contributed by atoms with van der Waals surface area (Å²) in [6.07, 6.45) is 2.64. The van der Waals surface area contributed by atoms with Crippen LogP contribution in [0.25, 0.3) is 0 Å². The van der Waals surface area contributed by atoms with E-state index in [-0.39, 0.29) is 6.61 Å². The summed E-state index contributed by atoms with van der Waals surface area (Å²) in [5.41, 5.74) is 6.61. The number of nitrogens with two attached hydrogens (primary N) is 1. The number of carbonyl (C=O) groups is 2. The Morgan fingerprint density at radius 3 is 2.91 bits per heavy atom. The van der Waals surface area contributed by atoms with Crippen LogP contribution >= 0.6 is 11.3 Å². The van der Waals surface area contributed by atoms with Crippen molar-refractivity contribution in [1.29, 1.82) is 0 Å². The van der Waals surface area contributed by atoms with Crippen molar-refractivity contribution in [3.05, 3.63) is 16.0 Å². The molecule has 22 heavy (non-hydrogen) atoms.